The molecule has 3 rings (SSSR count). The lowest BCUT2D eigenvalue weighted by atomic mass is 10.0. The molecule has 0 aromatic heterocycles. The molecule has 0 spiro atoms. The number of halogens is 1. The van der Waals surface area contributed by atoms with Crippen molar-refractivity contribution in [2.75, 3.05) is 13.2 Å². The van der Waals surface area contributed by atoms with Gasteiger partial charge in [-0.1, -0.05) is 26.0 Å². The molecular weight excluding hydrogens is 423 g/mol. The van der Waals surface area contributed by atoms with E-state index < -0.39 is 22.0 Å². The topological polar surface area (TPSA) is 93.7 Å². The van der Waals surface area contributed by atoms with Crippen LogP contribution < -0.4 is 19.5 Å². The average Bonchev–Trinajstić information content (AvgIpc) is 2.97. The van der Waals surface area contributed by atoms with E-state index in [0.717, 1.165) is 0 Å². The highest BCUT2D eigenvalue weighted by atomic mass is 32.2. The maximum absolute atomic E-state index is 13.7. The Balaban J connectivity index is 1.73. The predicted octanol–water partition coefficient (Wildman–Crippen LogP) is 2.91. The summed E-state index contributed by atoms with van der Waals surface area (Å²) in [5, 5.41) is 2.68. The Kier molecular flexibility index (Phi) is 7.17. The fourth-order valence-corrected chi connectivity index (χ4v) is 4.44. The molecule has 0 radical (unpaired) electrons. The van der Waals surface area contributed by atoms with E-state index in [1.165, 1.54) is 18.2 Å². The van der Waals surface area contributed by atoms with E-state index in [9.17, 15) is 17.6 Å². The van der Waals surface area contributed by atoms with Gasteiger partial charge in [-0.25, -0.2) is 12.8 Å². The number of fused-ring (bicyclic) bond motifs is 1. The fourth-order valence-electron chi connectivity index (χ4n) is 3.08. The quantitative estimate of drug-likeness (QED) is 0.677. The van der Waals surface area contributed by atoms with Crippen molar-refractivity contribution in [3.63, 3.8) is 0 Å². The molecule has 31 heavy (non-hydrogen) atoms. The summed E-state index contributed by atoms with van der Waals surface area (Å²) >= 11 is 0. The monoisotopic (exact) mass is 450 g/mol. The number of hydrogen-bond acceptors (Lipinski definition) is 5. The first-order valence-electron chi connectivity index (χ1n) is 10.1. The van der Waals surface area contributed by atoms with Crippen molar-refractivity contribution in [1.82, 2.24) is 10.0 Å². The summed E-state index contributed by atoms with van der Waals surface area (Å²) < 4.78 is 53.2. The second kappa shape index (κ2) is 9.65. The molecule has 2 aromatic carbocycles. The Morgan fingerprint density at radius 1 is 1.10 bits per heavy atom. The van der Waals surface area contributed by atoms with E-state index in [2.05, 4.69) is 10.0 Å². The molecule has 0 saturated heterocycles. The lowest BCUT2D eigenvalue weighted by Gasteiger charge is -2.22. The summed E-state index contributed by atoms with van der Waals surface area (Å²) in [5.41, 5.74) is 1.10. The van der Waals surface area contributed by atoms with Crippen molar-refractivity contribution < 1.29 is 27.1 Å². The van der Waals surface area contributed by atoms with Crippen molar-refractivity contribution in [3.05, 3.63) is 53.3 Å². The molecule has 0 saturated carbocycles. The van der Waals surface area contributed by atoms with Crippen LogP contribution in [0, 0.1) is 18.7 Å². The first-order chi connectivity index (χ1) is 14.7. The number of ether oxygens (including phenoxy) is 2. The van der Waals surface area contributed by atoms with Gasteiger partial charge in [0.05, 0.1) is 18.1 Å². The van der Waals surface area contributed by atoms with Gasteiger partial charge in [-0.3, -0.25) is 4.79 Å². The van der Waals surface area contributed by atoms with Crippen molar-refractivity contribution in [2.24, 2.45) is 5.92 Å². The third-order valence-corrected chi connectivity index (χ3v) is 6.40. The Bertz CT molecular complexity index is 1060. The Morgan fingerprint density at radius 3 is 2.48 bits per heavy atom. The lowest BCUT2D eigenvalue weighted by Crippen LogP contribution is -2.49. The van der Waals surface area contributed by atoms with Crippen LogP contribution in [0.15, 0.2) is 41.3 Å². The zero-order valence-electron chi connectivity index (χ0n) is 17.8. The maximum Gasteiger partial charge on any atom is 0.241 e. The van der Waals surface area contributed by atoms with E-state index in [-0.39, 0.29) is 23.2 Å². The molecule has 2 N–H and O–H groups in total. The van der Waals surface area contributed by atoms with E-state index in [1.54, 1.807) is 39.0 Å². The number of aryl methyl sites for hydroxylation is 1. The molecule has 1 amide bonds. The molecule has 1 heterocycles. The van der Waals surface area contributed by atoms with Crippen LogP contribution in [-0.4, -0.2) is 33.6 Å². The standard InChI is InChI=1S/C22H27FN2O5S/c1-14(2)21(22(26)24-13-16-6-5-15(3)18(23)11-16)25-31(27,28)17-7-8-19-20(12-17)30-10-4-9-29-19/h5-8,11-12,14,21,25H,4,9-10,13H2,1-3H3,(H,24,26). The van der Waals surface area contributed by atoms with Gasteiger partial charge in [0.1, 0.15) is 11.9 Å². The van der Waals surface area contributed by atoms with Gasteiger partial charge < -0.3 is 14.8 Å². The van der Waals surface area contributed by atoms with Crippen molar-refractivity contribution in [3.8, 4) is 11.5 Å². The van der Waals surface area contributed by atoms with E-state index in [4.69, 9.17) is 9.47 Å². The predicted molar refractivity (Wildman–Crippen MR) is 114 cm³/mol. The summed E-state index contributed by atoms with van der Waals surface area (Å²) in [6.45, 7) is 6.16. The third kappa shape index (κ3) is 5.74. The van der Waals surface area contributed by atoms with Crippen LogP contribution in [0.4, 0.5) is 4.39 Å². The van der Waals surface area contributed by atoms with Gasteiger partial charge in [0.2, 0.25) is 15.9 Å². The molecular formula is C22H27FN2O5S. The molecule has 0 fully saturated rings. The zero-order valence-corrected chi connectivity index (χ0v) is 18.6. The minimum atomic E-state index is -4.00. The van der Waals surface area contributed by atoms with Crippen LogP contribution in [0.1, 0.15) is 31.4 Å². The van der Waals surface area contributed by atoms with E-state index in [0.29, 0.717) is 42.3 Å². The second-order valence-corrected chi connectivity index (χ2v) is 9.52. The third-order valence-electron chi connectivity index (χ3n) is 4.96. The number of carbonyl (C=O) groups is 1. The SMILES string of the molecule is Cc1ccc(CNC(=O)C(NS(=O)(=O)c2ccc3c(c2)OCCCO3)C(C)C)cc1F. The number of amides is 1. The molecule has 9 heteroatoms. The molecule has 1 aliphatic heterocycles. The molecule has 168 valence electrons. The van der Waals surface area contributed by atoms with Gasteiger partial charge in [-0.05, 0) is 42.2 Å². The van der Waals surface area contributed by atoms with Crippen LogP contribution in [-0.2, 0) is 21.4 Å². The number of sulfonamides is 1. The van der Waals surface area contributed by atoms with Gasteiger partial charge in [-0.2, -0.15) is 4.72 Å². The Morgan fingerprint density at radius 2 is 1.81 bits per heavy atom. The Hall–Kier alpha value is -2.65. The largest absolute Gasteiger partial charge is 0.490 e. The fraction of sp³-hybridized carbons (Fsp3) is 0.409. The molecule has 7 nitrogen and oxygen atoms in total. The van der Waals surface area contributed by atoms with Crippen molar-refractivity contribution in [1.29, 1.82) is 0 Å². The minimum Gasteiger partial charge on any atom is -0.490 e. The average molecular weight is 451 g/mol. The number of hydrogen-bond donors (Lipinski definition) is 2. The van der Waals surface area contributed by atoms with Crippen molar-refractivity contribution in [2.45, 2.75) is 44.7 Å². The van der Waals surface area contributed by atoms with Crippen LogP contribution in [0.3, 0.4) is 0 Å². The van der Waals surface area contributed by atoms with Gasteiger partial charge in [0, 0.05) is 19.0 Å². The molecule has 0 bridgehead atoms. The highest BCUT2D eigenvalue weighted by molar-refractivity contribution is 7.89. The number of benzene rings is 2. The number of nitrogens with one attached hydrogen (secondary N) is 2. The molecule has 2 aromatic rings. The molecule has 1 aliphatic rings. The van der Waals surface area contributed by atoms with Crippen molar-refractivity contribution >= 4 is 15.9 Å². The molecule has 0 aliphatic carbocycles. The zero-order chi connectivity index (χ0) is 22.6. The first-order valence-corrected chi connectivity index (χ1v) is 11.6. The van der Waals surface area contributed by atoms with Gasteiger partial charge in [0.15, 0.2) is 11.5 Å². The molecule has 1 unspecified atom stereocenters. The summed E-state index contributed by atoms with van der Waals surface area (Å²) in [5.74, 6) is -0.326. The number of carbonyl (C=O) groups excluding carboxylic acids is 1. The highest BCUT2D eigenvalue weighted by Gasteiger charge is 2.29. The van der Waals surface area contributed by atoms with Crippen LogP contribution >= 0.6 is 0 Å². The summed E-state index contributed by atoms with van der Waals surface area (Å²) in [4.78, 5) is 12.7. The molecule has 1 atom stereocenters. The van der Waals surface area contributed by atoms with E-state index >= 15 is 0 Å². The van der Waals surface area contributed by atoms with Gasteiger partial charge in [-0.15, -0.1) is 0 Å². The van der Waals surface area contributed by atoms with Crippen LogP contribution in [0.2, 0.25) is 0 Å². The lowest BCUT2D eigenvalue weighted by molar-refractivity contribution is -0.123. The minimum absolute atomic E-state index is 0.0178. The smallest absolute Gasteiger partial charge is 0.241 e. The second-order valence-electron chi connectivity index (χ2n) is 7.80. The van der Waals surface area contributed by atoms with Gasteiger partial charge >= 0.3 is 0 Å². The summed E-state index contributed by atoms with van der Waals surface area (Å²) in [6, 6.07) is 8.05. The first kappa shape index (κ1) is 23.0. The van der Waals surface area contributed by atoms with Crippen LogP contribution in [0.25, 0.3) is 0 Å². The summed E-state index contributed by atoms with van der Waals surface area (Å²) in [7, 11) is -4.00. The Labute approximate surface area is 182 Å². The maximum atomic E-state index is 13.7. The van der Waals surface area contributed by atoms with E-state index in [1.807, 2.05) is 0 Å². The van der Waals surface area contributed by atoms with Crippen LogP contribution in [0.5, 0.6) is 11.5 Å². The highest BCUT2D eigenvalue weighted by Crippen LogP contribution is 2.32. The van der Waals surface area contributed by atoms with Gasteiger partial charge in [0.25, 0.3) is 0 Å². The normalized spacial score (nSPS) is 14.7. The summed E-state index contributed by atoms with van der Waals surface area (Å²) in [6.07, 6.45) is 0.704. The number of rotatable bonds is 7.